The molecule has 2 amide bonds. The molecule has 7 nitrogen and oxygen atoms in total. The second-order valence-corrected chi connectivity index (χ2v) is 13.4. The molecule has 0 bridgehead atoms. The van der Waals surface area contributed by atoms with E-state index in [9.17, 15) is 22.4 Å². The van der Waals surface area contributed by atoms with Crippen LogP contribution in [0, 0.1) is 11.7 Å². The molecule has 2 aromatic carbocycles. The number of hydrogen-bond donors (Lipinski definition) is 2. The van der Waals surface area contributed by atoms with E-state index in [0.717, 1.165) is 29.7 Å². The molecule has 0 unspecified atom stereocenters. The number of nitrogens with zero attached hydrogens (tertiary/aromatic N) is 1. The van der Waals surface area contributed by atoms with Crippen LogP contribution >= 0.6 is 11.6 Å². The number of nitrogens with one attached hydrogen (secondary N) is 2. The monoisotopic (exact) mass is 613 g/mol. The lowest BCUT2D eigenvalue weighted by molar-refractivity contribution is -0.122. The van der Waals surface area contributed by atoms with Crippen molar-refractivity contribution in [2.24, 2.45) is 5.92 Å². The second-order valence-electron chi connectivity index (χ2n) is 10.9. The van der Waals surface area contributed by atoms with Gasteiger partial charge in [-0.1, -0.05) is 35.9 Å². The first kappa shape index (κ1) is 31.5. The van der Waals surface area contributed by atoms with Gasteiger partial charge in [0.25, 0.3) is 5.91 Å². The van der Waals surface area contributed by atoms with Crippen molar-refractivity contribution in [2.45, 2.75) is 45.4 Å². The maximum atomic E-state index is 13.2. The largest absolute Gasteiger partial charge is 0.370 e. The Balaban J connectivity index is 1.43. The van der Waals surface area contributed by atoms with Gasteiger partial charge in [0.1, 0.15) is 5.82 Å². The molecule has 1 aliphatic carbocycles. The summed E-state index contributed by atoms with van der Waals surface area (Å²) in [5.41, 5.74) is 3.64. The number of halogens is 2. The van der Waals surface area contributed by atoms with E-state index in [2.05, 4.69) is 15.5 Å². The van der Waals surface area contributed by atoms with E-state index in [0.29, 0.717) is 61.6 Å². The summed E-state index contributed by atoms with van der Waals surface area (Å²) in [5, 5.41) is 6.37. The summed E-state index contributed by atoms with van der Waals surface area (Å²) in [6, 6.07) is 12.9. The standard InChI is InChI=1S/C32H37ClFN3O4S/c1-22-5-3-8-28(42(2,40)41)21-29(36-32(39)25-6-4-7-26(33)20-25)31(22)37-17-14-24(15-18-37)19-30(38)35-16-13-23-9-11-27(34)12-10-23/h4,6-12,20-21,24H,3,5,13-19H2,1-2H3,(H,35,38)(H,36,39). The molecule has 0 radical (unpaired) electrons. The maximum Gasteiger partial charge on any atom is 0.255 e. The van der Waals surface area contributed by atoms with E-state index in [4.69, 9.17) is 11.6 Å². The Morgan fingerprint density at radius 3 is 2.48 bits per heavy atom. The van der Waals surface area contributed by atoms with E-state index >= 15 is 0 Å². The third-order valence-electron chi connectivity index (χ3n) is 7.63. The number of sulfone groups is 1. The molecule has 0 spiro atoms. The van der Waals surface area contributed by atoms with E-state index in [1.165, 1.54) is 18.4 Å². The Morgan fingerprint density at radius 2 is 1.81 bits per heavy atom. The zero-order valence-electron chi connectivity index (χ0n) is 24.0. The number of allylic oxidation sites excluding steroid dienone is 3. The summed E-state index contributed by atoms with van der Waals surface area (Å²) in [5.74, 6) is -0.455. The van der Waals surface area contributed by atoms with E-state index < -0.39 is 9.84 Å². The summed E-state index contributed by atoms with van der Waals surface area (Å²) < 4.78 is 38.2. The molecule has 1 heterocycles. The van der Waals surface area contributed by atoms with Crippen molar-refractivity contribution in [3.63, 3.8) is 0 Å². The van der Waals surface area contributed by atoms with Crippen molar-refractivity contribution in [2.75, 3.05) is 25.9 Å². The van der Waals surface area contributed by atoms with Crippen LogP contribution in [0.25, 0.3) is 0 Å². The molecule has 42 heavy (non-hydrogen) atoms. The van der Waals surface area contributed by atoms with Gasteiger partial charge in [0, 0.05) is 42.9 Å². The number of carbonyl (C=O) groups is 2. The van der Waals surface area contributed by atoms with E-state index in [1.807, 2.05) is 6.92 Å². The molecule has 1 saturated heterocycles. The molecule has 224 valence electrons. The molecule has 0 aromatic heterocycles. The number of likely N-dealkylation sites (tertiary alicyclic amines) is 1. The van der Waals surface area contributed by atoms with Crippen molar-refractivity contribution in [3.05, 3.63) is 105 Å². The van der Waals surface area contributed by atoms with Crippen LogP contribution in [0.15, 0.2) is 82.6 Å². The fraction of sp³-hybridized carbons (Fsp3) is 0.375. The number of rotatable bonds is 9. The van der Waals surface area contributed by atoms with Gasteiger partial charge in [-0.25, -0.2) is 12.8 Å². The predicted molar refractivity (Wildman–Crippen MR) is 164 cm³/mol. The zero-order chi connectivity index (χ0) is 30.3. The molecular formula is C32H37ClFN3O4S. The van der Waals surface area contributed by atoms with Crippen LogP contribution in [0.2, 0.25) is 5.02 Å². The Hall–Kier alpha value is -3.43. The van der Waals surface area contributed by atoms with Gasteiger partial charge in [-0.3, -0.25) is 9.59 Å². The maximum absolute atomic E-state index is 13.2. The second kappa shape index (κ2) is 14.2. The minimum Gasteiger partial charge on any atom is -0.370 e. The first-order valence-corrected chi connectivity index (χ1v) is 16.4. The van der Waals surface area contributed by atoms with Crippen LogP contribution in [-0.2, 0) is 21.1 Å². The van der Waals surface area contributed by atoms with Crippen molar-refractivity contribution in [1.29, 1.82) is 0 Å². The molecular weight excluding hydrogens is 577 g/mol. The smallest absolute Gasteiger partial charge is 0.255 e. The van der Waals surface area contributed by atoms with Gasteiger partial charge in [-0.05, 0) is 92.5 Å². The minimum atomic E-state index is -3.52. The summed E-state index contributed by atoms with van der Waals surface area (Å²) in [4.78, 5) is 28.2. The lowest BCUT2D eigenvalue weighted by atomic mass is 9.91. The number of amides is 2. The highest BCUT2D eigenvalue weighted by atomic mass is 35.5. The first-order valence-electron chi connectivity index (χ1n) is 14.1. The minimum absolute atomic E-state index is 0.00536. The number of benzene rings is 2. The van der Waals surface area contributed by atoms with Gasteiger partial charge in [-0.15, -0.1) is 0 Å². The number of hydrogen-bond acceptors (Lipinski definition) is 5. The van der Waals surface area contributed by atoms with Gasteiger partial charge in [-0.2, -0.15) is 0 Å². The molecule has 1 aliphatic heterocycles. The summed E-state index contributed by atoms with van der Waals surface area (Å²) in [6.45, 7) is 3.84. The van der Waals surface area contributed by atoms with Crippen LogP contribution in [0.4, 0.5) is 4.39 Å². The Kier molecular flexibility index (Phi) is 10.6. The molecule has 0 atom stereocenters. The van der Waals surface area contributed by atoms with Crippen molar-refractivity contribution < 1.29 is 22.4 Å². The van der Waals surface area contributed by atoms with Gasteiger partial charge in [0.2, 0.25) is 5.91 Å². The van der Waals surface area contributed by atoms with Crippen molar-refractivity contribution in [3.8, 4) is 0 Å². The highest BCUT2D eigenvalue weighted by Crippen LogP contribution is 2.31. The van der Waals surface area contributed by atoms with Crippen molar-refractivity contribution in [1.82, 2.24) is 15.5 Å². The van der Waals surface area contributed by atoms with Crippen LogP contribution in [0.3, 0.4) is 0 Å². The average molecular weight is 614 g/mol. The van der Waals surface area contributed by atoms with Crippen LogP contribution in [0.1, 0.15) is 54.9 Å². The highest BCUT2D eigenvalue weighted by molar-refractivity contribution is 7.94. The molecule has 4 rings (SSSR count). The molecule has 2 N–H and O–H groups in total. The Morgan fingerprint density at radius 1 is 1.10 bits per heavy atom. The SMILES string of the molecule is CC1=C(N2CCC(CC(=O)NCCc3ccc(F)cc3)CC2)C(NC(=O)c2cccc(Cl)c2)=CC(S(C)(=O)=O)=CCC1. The molecule has 2 aliphatic rings. The van der Waals surface area contributed by atoms with Gasteiger partial charge < -0.3 is 15.5 Å². The highest BCUT2D eigenvalue weighted by Gasteiger charge is 2.28. The molecule has 2 aromatic rings. The average Bonchev–Trinajstić information content (AvgIpc) is 2.93. The summed E-state index contributed by atoms with van der Waals surface area (Å²) in [7, 11) is -3.52. The van der Waals surface area contributed by atoms with Gasteiger partial charge >= 0.3 is 0 Å². The third-order valence-corrected chi connectivity index (χ3v) is 9.00. The Labute approximate surface area is 252 Å². The quantitative estimate of drug-likeness (QED) is 0.387. The Bertz CT molecular complexity index is 1510. The van der Waals surface area contributed by atoms with E-state index in [1.54, 1.807) is 48.6 Å². The molecule has 1 fully saturated rings. The van der Waals surface area contributed by atoms with Crippen LogP contribution in [0.5, 0.6) is 0 Å². The van der Waals surface area contributed by atoms with Gasteiger partial charge in [0.15, 0.2) is 9.84 Å². The predicted octanol–water partition coefficient (Wildman–Crippen LogP) is 5.55. The summed E-state index contributed by atoms with van der Waals surface area (Å²) in [6.07, 6.45) is 8.26. The lowest BCUT2D eigenvalue weighted by Crippen LogP contribution is -2.39. The van der Waals surface area contributed by atoms with Crippen LogP contribution < -0.4 is 10.6 Å². The molecule has 10 heteroatoms. The normalized spacial score (nSPS) is 16.7. The van der Waals surface area contributed by atoms with Gasteiger partial charge in [0.05, 0.1) is 16.3 Å². The number of piperidine rings is 1. The molecule has 0 saturated carbocycles. The number of carbonyl (C=O) groups excluding carboxylic acids is 2. The fourth-order valence-electron chi connectivity index (χ4n) is 5.36. The third kappa shape index (κ3) is 8.79. The zero-order valence-corrected chi connectivity index (χ0v) is 25.5. The fourth-order valence-corrected chi connectivity index (χ4v) is 6.30. The van der Waals surface area contributed by atoms with E-state index in [-0.39, 0.29) is 28.5 Å². The van der Waals surface area contributed by atoms with Crippen molar-refractivity contribution >= 4 is 33.3 Å². The topological polar surface area (TPSA) is 95.6 Å². The lowest BCUT2D eigenvalue weighted by Gasteiger charge is -2.37. The first-order chi connectivity index (χ1) is 20.0. The van der Waals surface area contributed by atoms with Crippen LogP contribution in [-0.4, -0.2) is 51.0 Å². The summed E-state index contributed by atoms with van der Waals surface area (Å²) >= 11 is 6.11.